The number of nitrogens with one attached hydrogen (secondary N) is 1. The predicted octanol–water partition coefficient (Wildman–Crippen LogP) is 3.23. The van der Waals surface area contributed by atoms with E-state index >= 15 is 0 Å². The summed E-state index contributed by atoms with van der Waals surface area (Å²) >= 11 is 0. The topological polar surface area (TPSA) is 49.4 Å². The molecule has 1 saturated heterocycles. The van der Waals surface area contributed by atoms with Crippen molar-refractivity contribution in [3.63, 3.8) is 0 Å². The van der Waals surface area contributed by atoms with Crippen LogP contribution in [0, 0.1) is 29.2 Å². The average Bonchev–Trinajstić information content (AvgIpc) is 2.95. The van der Waals surface area contributed by atoms with Crippen LogP contribution in [0.15, 0.2) is 36.4 Å². The molecule has 0 aliphatic carbocycles. The third kappa shape index (κ3) is 3.33. The van der Waals surface area contributed by atoms with Gasteiger partial charge in [0.05, 0.1) is 11.6 Å². The predicted molar refractivity (Wildman–Crippen MR) is 81.8 cm³/mol. The maximum absolute atomic E-state index is 13.9. The van der Waals surface area contributed by atoms with Gasteiger partial charge in [-0.2, -0.15) is 0 Å². The SMILES string of the molecule is O=C(Nc1cccc(F)c1)C1CC(=O)N(c2ccc(F)c(F)c2F)C1. The normalized spacial score (nSPS) is 17.0. The second-order valence-electron chi connectivity index (χ2n) is 5.60. The highest BCUT2D eigenvalue weighted by atomic mass is 19.2. The van der Waals surface area contributed by atoms with Crippen LogP contribution in [0.3, 0.4) is 0 Å². The molecule has 2 aromatic carbocycles. The number of nitrogens with zero attached hydrogens (tertiary/aromatic N) is 1. The van der Waals surface area contributed by atoms with E-state index in [1.165, 1.54) is 18.2 Å². The summed E-state index contributed by atoms with van der Waals surface area (Å²) in [5, 5.41) is 2.47. The summed E-state index contributed by atoms with van der Waals surface area (Å²) in [4.78, 5) is 25.2. The summed E-state index contributed by atoms with van der Waals surface area (Å²) < 4.78 is 53.3. The van der Waals surface area contributed by atoms with Crippen molar-refractivity contribution in [1.29, 1.82) is 0 Å². The van der Waals surface area contributed by atoms with Gasteiger partial charge in [-0.15, -0.1) is 0 Å². The molecule has 130 valence electrons. The smallest absolute Gasteiger partial charge is 0.229 e. The second-order valence-corrected chi connectivity index (χ2v) is 5.60. The van der Waals surface area contributed by atoms with Gasteiger partial charge in [0, 0.05) is 18.7 Å². The van der Waals surface area contributed by atoms with E-state index in [1.54, 1.807) is 0 Å². The molecule has 1 fully saturated rings. The van der Waals surface area contributed by atoms with E-state index in [9.17, 15) is 27.2 Å². The Morgan fingerprint density at radius 3 is 2.56 bits per heavy atom. The van der Waals surface area contributed by atoms with Crippen molar-refractivity contribution in [2.24, 2.45) is 5.92 Å². The lowest BCUT2D eigenvalue weighted by Gasteiger charge is -2.17. The highest BCUT2D eigenvalue weighted by Crippen LogP contribution is 2.30. The third-order valence-corrected chi connectivity index (χ3v) is 3.89. The number of amides is 2. The van der Waals surface area contributed by atoms with E-state index in [4.69, 9.17) is 0 Å². The fraction of sp³-hybridized carbons (Fsp3) is 0.176. The number of carbonyl (C=O) groups is 2. The molecule has 1 heterocycles. The summed E-state index contributed by atoms with van der Waals surface area (Å²) in [5.74, 6) is -7.05. The Morgan fingerprint density at radius 2 is 1.84 bits per heavy atom. The van der Waals surface area contributed by atoms with E-state index in [0.29, 0.717) is 6.07 Å². The number of halogens is 4. The molecule has 0 saturated carbocycles. The molecule has 4 nitrogen and oxygen atoms in total. The Kier molecular flexibility index (Phi) is 4.43. The van der Waals surface area contributed by atoms with Crippen molar-refractivity contribution in [3.05, 3.63) is 59.7 Å². The summed E-state index contributed by atoms with van der Waals surface area (Å²) in [5.41, 5.74) is -0.208. The van der Waals surface area contributed by atoms with Crippen LogP contribution in [0.1, 0.15) is 6.42 Å². The average molecular weight is 352 g/mol. The first-order valence-corrected chi connectivity index (χ1v) is 7.37. The molecule has 8 heteroatoms. The number of hydrogen-bond donors (Lipinski definition) is 1. The van der Waals surface area contributed by atoms with Crippen molar-refractivity contribution in [2.45, 2.75) is 6.42 Å². The monoisotopic (exact) mass is 352 g/mol. The van der Waals surface area contributed by atoms with Gasteiger partial charge < -0.3 is 10.2 Å². The molecule has 0 bridgehead atoms. The molecule has 2 aromatic rings. The van der Waals surface area contributed by atoms with E-state index < -0.39 is 46.7 Å². The summed E-state index contributed by atoms with van der Waals surface area (Å²) in [6.45, 7) is -0.192. The molecule has 0 radical (unpaired) electrons. The first kappa shape index (κ1) is 16.9. The number of hydrogen-bond acceptors (Lipinski definition) is 2. The third-order valence-electron chi connectivity index (χ3n) is 3.89. The minimum absolute atomic E-state index is 0.192. The lowest BCUT2D eigenvalue weighted by molar-refractivity contribution is -0.122. The van der Waals surface area contributed by atoms with Crippen molar-refractivity contribution in [2.75, 3.05) is 16.8 Å². The minimum Gasteiger partial charge on any atom is -0.326 e. The molecule has 1 aliphatic heterocycles. The van der Waals surface area contributed by atoms with Crippen molar-refractivity contribution >= 4 is 23.2 Å². The van der Waals surface area contributed by atoms with Gasteiger partial charge in [0.2, 0.25) is 11.8 Å². The van der Waals surface area contributed by atoms with E-state index in [2.05, 4.69) is 5.32 Å². The van der Waals surface area contributed by atoms with Gasteiger partial charge >= 0.3 is 0 Å². The lowest BCUT2D eigenvalue weighted by Crippen LogP contribution is -2.29. The second kappa shape index (κ2) is 6.54. The molecule has 25 heavy (non-hydrogen) atoms. The van der Waals surface area contributed by atoms with E-state index in [1.807, 2.05) is 0 Å². The van der Waals surface area contributed by atoms with E-state index in [0.717, 1.165) is 17.0 Å². The quantitative estimate of drug-likeness (QED) is 0.681. The maximum Gasteiger partial charge on any atom is 0.229 e. The van der Waals surface area contributed by atoms with Gasteiger partial charge in [-0.1, -0.05) is 6.07 Å². The molecule has 1 aliphatic rings. The zero-order valence-corrected chi connectivity index (χ0v) is 12.7. The summed E-state index contributed by atoms with van der Waals surface area (Å²) in [6.07, 6.45) is -0.223. The van der Waals surface area contributed by atoms with Crippen LogP contribution in [0.5, 0.6) is 0 Å². The molecule has 0 spiro atoms. The summed E-state index contributed by atoms with van der Waals surface area (Å²) in [6, 6.07) is 6.86. The fourth-order valence-corrected chi connectivity index (χ4v) is 2.65. The van der Waals surface area contributed by atoms with Crippen LogP contribution in [-0.4, -0.2) is 18.4 Å². The number of benzene rings is 2. The van der Waals surface area contributed by atoms with Crippen LogP contribution >= 0.6 is 0 Å². The maximum atomic E-state index is 13.9. The highest BCUT2D eigenvalue weighted by molar-refractivity contribution is 6.03. The zero-order chi connectivity index (χ0) is 18.1. The number of anilines is 2. The van der Waals surface area contributed by atoms with Crippen molar-refractivity contribution < 1.29 is 27.2 Å². The lowest BCUT2D eigenvalue weighted by atomic mass is 10.1. The van der Waals surface area contributed by atoms with E-state index in [-0.39, 0.29) is 18.7 Å². The van der Waals surface area contributed by atoms with Crippen LogP contribution in [0.25, 0.3) is 0 Å². The first-order chi connectivity index (χ1) is 11.9. The molecule has 0 aromatic heterocycles. The molecular formula is C17H12F4N2O2. The minimum atomic E-state index is -1.68. The van der Waals surface area contributed by atoms with Crippen LogP contribution in [0.4, 0.5) is 28.9 Å². The number of carbonyl (C=O) groups excluding carboxylic acids is 2. The molecule has 2 amide bonds. The van der Waals surface area contributed by atoms with Gasteiger partial charge in [0.15, 0.2) is 17.5 Å². The van der Waals surface area contributed by atoms with Gasteiger partial charge in [0.25, 0.3) is 0 Å². The molecule has 3 rings (SSSR count). The zero-order valence-electron chi connectivity index (χ0n) is 12.7. The standard InChI is InChI=1S/C17H12F4N2O2/c18-10-2-1-3-11(7-10)22-17(25)9-6-14(24)23(8-9)13-5-4-12(19)15(20)16(13)21/h1-5,7,9H,6,8H2,(H,22,25). The van der Waals surface area contributed by atoms with Gasteiger partial charge in [0.1, 0.15) is 5.82 Å². The number of rotatable bonds is 3. The first-order valence-electron chi connectivity index (χ1n) is 7.37. The van der Waals surface area contributed by atoms with Crippen molar-refractivity contribution in [3.8, 4) is 0 Å². The highest BCUT2D eigenvalue weighted by Gasteiger charge is 2.37. The molecular weight excluding hydrogens is 340 g/mol. The van der Waals surface area contributed by atoms with Gasteiger partial charge in [-0.25, -0.2) is 17.6 Å². The molecule has 1 N–H and O–H groups in total. The Labute approximate surface area is 140 Å². The van der Waals surface area contributed by atoms with Crippen LogP contribution in [0.2, 0.25) is 0 Å². The molecule has 1 atom stereocenters. The van der Waals surface area contributed by atoms with Gasteiger partial charge in [-0.3, -0.25) is 9.59 Å². The van der Waals surface area contributed by atoms with Crippen LogP contribution in [-0.2, 0) is 9.59 Å². The Bertz CT molecular complexity index is 857. The Hall–Kier alpha value is -2.90. The van der Waals surface area contributed by atoms with Crippen molar-refractivity contribution in [1.82, 2.24) is 0 Å². The van der Waals surface area contributed by atoms with Gasteiger partial charge in [-0.05, 0) is 30.3 Å². The molecule has 1 unspecified atom stereocenters. The fourth-order valence-electron chi connectivity index (χ4n) is 2.65. The summed E-state index contributed by atoms with van der Waals surface area (Å²) in [7, 11) is 0. The largest absolute Gasteiger partial charge is 0.326 e. The van der Waals surface area contributed by atoms with Crippen LogP contribution < -0.4 is 10.2 Å². The Morgan fingerprint density at radius 1 is 1.08 bits per heavy atom. The Balaban J connectivity index is 1.76.